The first-order valence-corrected chi connectivity index (χ1v) is 8.87. The summed E-state index contributed by atoms with van der Waals surface area (Å²) in [6, 6.07) is 13.8. The minimum Gasteiger partial charge on any atom is -0.352 e. The van der Waals surface area contributed by atoms with Crippen molar-refractivity contribution in [1.29, 1.82) is 0 Å². The van der Waals surface area contributed by atoms with Gasteiger partial charge in [0.2, 0.25) is 17.7 Å². The Balaban J connectivity index is 1.94. The fourth-order valence-electron chi connectivity index (χ4n) is 2.56. The van der Waals surface area contributed by atoms with E-state index < -0.39 is 6.04 Å². The van der Waals surface area contributed by atoms with Gasteiger partial charge in [0.1, 0.15) is 0 Å². The van der Waals surface area contributed by atoms with Gasteiger partial charge in [0.05, 0.1) is 12.5 Å². The van der Waals surface area contributed by atoms with Gasteiger partial charge in [0.15, 0.2) is 0 Å². The first-order chi connectivity index (χ1) is 12.8. The normalized spacial score (nSPS) is 11.4. The Morgan fingerprint density at radius 1 is 0.926 bits per heavy atom. The van der Waals surface area contributed by atoms with E-state index in [1.54, 1.807) is 36.4 Å². The molecule has 0 aliphatic heterocycles. The van der Waals surface area contributed by atoms with Crippen molar-refractivity contribution in [3.8, 4) is 0 Å². The number of anilines is 1. The number of halogens is 1. The molecule has 2 aromatic carbocycles. The molecule has 0 aliphatic rings. The van der Waals surface area contributed by atoms with Crippen LogP contribution in [0.5, 0.6) is 0 Å². The van der Waals surface area contributed by atoms with E-state index in [0.29, 0.717) is 17.3 Å². The van der Waals surface area contributed by atoms with E-state index in [1.165, 1.54) is 13.8 Å². The molecule has 3 N–H and O–H groups in total. The van der Waals surface area contributed by atoms with Gasteiger partial charge in [-0.05, 0) is 35.4 Å². The lowest BCUT2D eigenvalue weighted by atomic mass is 10.0. The topological polar surface area (TPSA) is 87.3 Å². The van der Waals surface area contributed by atoms with Crippen LogP contribution >= 0.6 is 11.6 Å². The summed E-state index contributed by atoms with van der Waals surface area (Å²) in [7, 11) is 0. The quantitative estimate of drug-likeness (QED) is 0.681. The lowest BCUT2D eigenvalue weighted by molar-refractivity contribution is -0.123. The van der Waals surface area contributed by atoms with Crippen molar-refractivity contribution in [2.45, 2.75) is 32.9 Å². The number of benzene rings is 2. The molecule has 0 fully saturated rings. The molecule has 0 saturated carbocycles. The predicted octanol–water partition coefficient (Wildman–Crippen LogP) is 3.18. The van der Waals surface area contributed by atoms with Gasteiger partial charge in [-0.2, -0.15) is 0 Å². The van der Waals surface area contributed by atoms with Crippen LogP contribution in [0.2, 0.25) is 5.02 Å². The van der Waals surface area contributed by atoms with E-state index in [9.17, 15) is 14.4 Å². The highest BCUT2D eigenvalue weighted by molar-refractivity contribution is 6.30. The third kappa shape index (κ3) is 7.11. The Morgan fingerprint density at radius 2 is 1.56 bits per heavy atom. The summed E-state index contributed by atoms with van der Waals surface area (Å²) in [6.07, 6.45) is 0.116. The molecule has 0 saturated heterocycles. The molecule has 2 aromatic rings. The maximum Gasteiger partial charge on any atom is 0.222 e. The van der Waals surface area contributed by atoms with E-state index in [2.05, 4.69) is 16.0 Å². The number of hydrogen-bond donors (Lipinski definition) is 3. The van der Waals surface area contributed by atoms with Gasteiger partial charge in [-0.3, -0.25) is 14.4 Å². The highest BCUT2D eigenvalue weighted by Crippen LogP contribution is 2.19. The summed E-state index contributed by atoms with van der Waals surface area (Å²) >= 11 is 5.89. The first kappa shape index (κ1) is 20.5. The zero-order chi connectivity index (χ0) is 19.8. The van der Waals surface area contributed by atoms with Gasteiger partial charge in [-0.1, -0.05) is 35.9 Å². The third-order valence-electron chi connectivity index (χ3n) is 3.80. The molecular formula is C20H22ClN3O3. The Kier molecular flexibility index (Phi) is 7.37. The number of carbonyl (C=O) groups is 3. The van der Waals surface area contributed by atoms with Crippen molar-refractivity contribution in [2.75, 3.05) is 5.32 Å². The van der Waals surface area contributed by atoms with Gasteiger partial charge in [0.25, 0.3) is 0 Å². The minimum atomic E-state index is -0.429. The summed E-state index contributed by atoms with van der Waals surface area (Å²) in [6.45, 7) is 3.21. The van der Waals surface area contributed by atoms with Crippen molar-refractivity contribution < 1.29 is 14.4 Å². The van der Waals surface area contributed by atoms with Crippen molar-refractivity contribution in [2.24, 2.45) is 0 Å². The summed E-state index contributed by atoms with van der Waals surface area (Å²) in [5.41, 5.74) is 2.41. The second-order valence-electron chi connectivity index (χ2n) is 6.16. The lowest BCUT2D eigenvalue weighted by Gasteiger charge is -2.18. The Labute approximate surface area is 163 Å². The van der Waals surface area contributed by atoms with Gasteiger partial charge < -0.3 is 16.0 Å². The molecule has 6 nitrogen and oxygen atoms in total. The first-order valence-electron chi connectivity index (χ1n) is 8.49. The Morgan fingerprint density at radius 3 is 2.11 bits per heavy atom. The molecule has 1 unspecified atom stereocenters. The van der Waals surface area contributed by atoms with Crippen LogP contribution in [-0.4, -0.2) is 17.7 Å². The van der Waals surface area contributed by atoms with E-state index in [4.69, 9.17) is 11.6 Å². The second-order valence-corrected chi connectivity index (χ2v) is 6.60. The van der Waals surface area contributed by atoms with Crippen molar-refractivity contribution in [3.05, 3.63) is 64.7 Å². The fraction of sp³-hybridized carbons (Fsp3) is 0.250. The van der Waals surface area contributed by atoms with Gasteiger partial charge in [-0.15, -0.1) is 0 Å². The molecule has 142 valence electrons. The maximum absolute atomic E-state index is 12.3. The van der Waals surface area contributed by atoms with Crippen molar-refractivity contribution in [3.63, 3.8) is 0 Å². The summed E-state index contributed by atoms with van der Waals surface area (Å²) in [5, 5.41) is 8.91. The van der Waals surface area contributed by atoms with Crippen LogP contribution < -0.4 is 16.0 Å². The van der Waals surface area contributed by atoms with Crippen molar-refractivity contribution >= 4 is 35.0 Å². The van der Waals surface area contributed by atoms with Crippen LogP contribution in [0.25, 0.3) is 0 Å². The molecule has 0 aliphatic carbocycles. The van der Waals surface area contributed by atoms with Crippen LogP contribution in [0.15, 0.2) is 48.5 Å². The zero-order valence-electron chi connectivity index (χ0n) is 15.2. The largest absolute Gasteiger partial charge is 0.352 e. The molecule has 0 aromatic heterocycles. The molecule has 1 atom stereocenters. The van der Waals surface area contributed by atoms with Crippen molar-refractivity contribution in [1.82, 2.24) is 10.6 Å². The predicted molar refractivity (Wildman–Crippen MR) is 105 cm³/mol. The zero-order valence-corrected chi connectivity index (χ0v) is 16.0. The third-order valence-corrected chi connectivity index (χ3v) is 4.06. The van der Waals surface area contributed by atoms with Crippen LogP contribution in [0.4, 0.5) is 5.69 Å². The van der Waals surface area contributed by atoms with Crippen LogP contribution in [0, 0.1) is 0 Å². The molecule has 0 radical (unpaired) electrons. The maximum atomic E-state index is 12.3. The van der Waals surface area contributed by atoms with E-state index in [1.807, 2.05) is 12.1 Å². The molecule has 0 heterocycles. The molecule has 0 spiro atoms. The smallest absolute Gasteiger partial charge is 0.222 e. The number of rotatable bonds is 7. The molecule has 0 bridgehead atoms. The average Bonchev–Trinajstić information content (AvgIpc) is 2.60. The van der Waals surface area contributed by atoms with Crippen LogP contribution in [0.1, 0.15) is 37.4 Å². The minimum absolute atomic E-state index is 0.116. The van der Waals surface area contributed by atoms with E-state index in [0.717, 1.165) is 11.1 Å². The molecule has 27 heavy (non-hydrogen) atoms. The van der Waals surface area contributed by atoms with E-state index >= 15 is 0 Å². The molecule has 7 heteroatoms. The second kappa shape index (κ2) is 9.73. The SMILES string of the molecule is CC(=O)Nc1ccc(CNC(=O)CC(NC(C)=O)c2ccc(Cl)cc2)cc1. The standard InChI is InChI=1S/C20H22ClN3O3/c1-13(25)23-18-9-3-15(4-10-18)12-22-20(27)11-19(24-14(2)26)16-5-7-17(21)8-6-16/h3-10,19H,11-12H2,1-2H3,(H,22,27)(H,23,25)(H,24,26). The van der Waals surface area contributed by atoms with E-state index in [-0.39, 0.29) is 24.1 Å². The summed E-state index contributed by atoms with van der Waals surface area (Å²) in [4.78, 5) is 34.8. The van der Waals surface area contributed by atoms with Gasteiger partial charge in [0, 0.05) is 31.1 Å². The number of hydrogen-bond acceptors (Lipinski definition) is 3. The summed E-state index contributed by atoms with van der Waals surface area (Å²) < 4.78 is 0. The highest BCUT2D eigenvalue weighted by Gasteiger charge is 2.17. The van der Waals surface area contributed by atoms with Crippen LogP contribution in [-0.2, 0) is 20.9 Å². The lowest BCUT2D eigenvalue weighted by Crippen LogP contribution is -2.32. The Hall–Kier alpha value is -2.86. The molecule has 3 amide bonds. The summed E-state index contributed by atoms with van der Waals surface area (Å²) in [5.74, 6) is -0.534. The van der Waals surface area contributed by atoms with Gasteiger partial charge in [-0.25, -0.2) is 0 Å². The molecule has 2 rings (SSSR count). The number of nitrogens with one attached hydrogen (secondary N) is 3. The highest BCUT2D eigenvalue weighted by atomic mass is 35.5. The number of amides is 3. The molecular weight excluding hydrogens is 366 g/mol. The van der Waals surface area contributed by atoms with Crippen LogP contribution in [0.3, 0.4) is 0 Å². The number of carbonyl (C=O) groups excluding carboxylic acids is 3. The Bertz CT molecular complexity index is 804. The monoisotopic (exact) mass is 387 g/mol. The van der Waals surface area contributed by atoms with Gasteiger partial charge >= 0.3 is 0 Å². The average molecular weight is 388 g/mol. The fourth-order valence-corrected chi connectivity index (χ4v) is 2.69.